The summed E-state index contributed by atoms with van der Waals surface area (Å²) in [6.45, 7) is 6.94. The van der Waals surface area contributed by atoms with Gasteiger partial charge in [-0.1, -0.05) is 20.8 Å². The van der Waals surface area contributed by atoms with Gasteiger partial charge in [0.25, 0.3) is 0 Å². The number of hydrogen-bond acceptors (Lipinski definition) is 0. The molecule has 12 heavy (non-hydrogen) atoms. The van der Waals surface area contributed by atoms with Crippen LogP contribution in [0, 0.1) is 30.6 Å². The van der Waals surface area contributed by atoms with Gasteiger partial charge in [0, 0.05) is 0 Å². The largest absolute Gasteiger partial charge is 0.0622 e. The van der Waals surface area contributed by atoms with Crippen molar-refractivity contribution in [1.29, 1.82) is 0 Å². The van der Waals surface area contributed by atoms with E-state index in [0.29, 0.717) is 0 Å². The molecular weight excluding hydrogens is 144 g/mol. The van der Waals surface area contributed by atoms with Crippen LogP contribution in [-0.4, -0.2) is 0 Å². The molecule has 0 saturated heterocycles. The third-order valence-corrected chi connectivity index (χ3v) is 3.19. The van der Waals surface area contributed by atoms with Gasteiger partial charge in [0.15, 0.2) is 0 Å². The lowest BCUT2D eigenvalue weighted by molar-refractivity contribution is 0.250. The molecule has 0 N–H and O–H groups in total. The molecule has 0 amide bonds. The Bertz CT molecular complexity index is 117. The van der Waals surface area contributed by atoms with Gasteiger partial charge in [-0.2, -0.15) is 0 Å². The van der Waals surface area contributed by atoms with Crippen LogP contribution in [0.4, 0.5) is 0 Å². The molecule has 2 radical (unpaired) electrons. The first-order chi connectivity index (χ1) is 5.74. The molecule has 70 valence electrons. The van der Waals surface area contributed by atoms with Crippen molar-refractivity contribution in [3.05, 3.63) is 12.8 Å². The lowest BCUT2D eigenvalue weighted by Gasteiger charge is -2.31. The van der Waals surface area contributed by atoms with Crippen LogP contribution >= 0.6 is 0 Å². The van der Waals surface area contributed by atoms with Crippen LogP contribution in [0.2, 0.25) is 0 Å². The van der Waals surface area contributed by atoms with Gasteiger partial charge in [-0.15, -0.1) is 0 Å². The van der Waals surface area contributed by atoms with E-state index in [1.807, 2.05) is 0 Å². The molecule has 1 fully saturated rings. The maximum Gasteiger partial charge on any atom is -0.0357 e. The second-order valence-corrected chi connectivity index (χ2v) is 4.41. The fourth-order valence-electron chi connectivity index (χ4n) is 2.37. The van der Waals surface area contributed by atoms with Crippen LogP contribution < -0.4 is 0 Å². The van der Waals surface area contributed by atoms with Gasteiger partial charge in [0.2, 0.25) is 0 Å². The summed E-state index contributed by atoms with van der Waals surface area (Å²) in [6.07, 6.45) is 10.3. The second kappa shape index (κ2) is 4.89. The zero-order chi connectivity index (χ0) is 8.97. The maximum atomic E-state index is 2.48. The third-order valence-electron chi connectivity index (χ3n) is 3.19. The van der Waals surface area contributed by atoms with Crippen LogP contribution in [0.3, 0.4) is 0 Å². The Kier molecular flexibility index (Phi) is 4.11. The lowest BCUT2D eigenvalue weighted by atomic mass is 9.75. The monoisotopic (exact) mass is 166 g/mol. The topological polar surface area (TPSA) is 0 Å². The van der Waals surface area contributed by atoms with Gasteiger partial charge in [-0.05, 0) is 56.3 Å². The minimum atomic E-state index is 0.864. The first kappa shape index (κ1) is 10.1. The highest BCUT2D eigenvalue weighted by Gasteiger charge is 2.23. The minimum Gasteiger partial charge on any atom is -0.0622 e. The Hall–Kier alpha value is 0. The first-order valence-corrected chi connectivity index (χ1v) is 5.35. The zero-order valence-electron chi connectivity index (χ0n) is 8.72. The van der Waals surface area contributed by atoms with E-state index in [1.54, 1.807) is 0 Å². The van der Waals surface area contributed by atoms with E-state index < -0.39 is 0 Å². The molecule has 0 heteroatoms. The van der Waals surface area contributed by atoms with Gasteiger partial charge in [0.1, 0.15) is 0 Å². The second-order valence-electron chi connectivity index (χ2n) is 4.41. The average Bonchev–Trinajstić information content (AvgIpc) is 2.05. The first-order valence-electron chi connectivity index (χ1n) is 5.35. The Morgan fingerprint density at radius 2 is 2.33 bits per heavy atom. The molecule has 1 aliphatic rings. The van der Waals surface area contributed by atoms with E-state index >= 15 is 0 Å². The fourth-order valence-corrected chi connectivity index (χ4v) is 2.37. The number of rotatable bonds is 3. The predicted octanol–water partition coefficient (Wildman–Crippen LogP) is 3.88. The van der Waals surface area contributed by atoms with Crippen LogP contribution in [-0.2, 0) is 0 Å². The van der Waals surface area contributed by atoms with Crippen molar-refractivity contribution in [2.75, 3.05) is 0 Å². The molecule has 0 aromatic heterocycles. The summed E-state index contributed by atoms with van der Waals surface area (Å²) in [6, 6.07) is 0. The molecule has 1 saturated carbocycles. The van der Waals surface area contributed by atoms with Gasteiger partial charge in [0.05, 0.1) is 0 Å². The Morgan fingerprint density at radius 3 is 2.92 bits per heavy atom. The fraction of sp³-hybridized carbons (Fsp3) is 0.833. The number of hydrogen-bond donors (Lipinski definition) is 0. The SMILES string of the molecule is C[CH]CC(C)C1CC[CH]C(C)C1. The van der Waals surface area contributed by atoms with E-state index in [9.17, 15) is 0 Å². The van der Waals surface area contributed by atoms with Crippen molar-refractivity contribution >= 4 is 0 Å². The molecule has 0 spiro atoms. The van der Waals surface area contributed by atoms with E-state index in [4.69, 9.17) is 0 Å². The molecular formula is C12H22. The predicted molar refractivity (Wildman–Crippen MR) is 54.6 cm³/mol. The van der Waals surface area contributed by atoms with Crippen molar-refractivity contribution in [1.82, 2.24) is 0 Å². The summed E-state index contributed by atoms with van der Waals surface area (Å²) in [5.74, 6) is 2.76. The van der Waals surface area contributed by atoms with E-state index in [1.165, 1.54) is 25.7 Å². The quantitative estimate of drug-likeness (QED) is 0.597. The highest BCUT2D eigenvalue weighted by molar-refractivity contribution is 4.85. The minimum absolute atomic E-state index is 0.864. The van der Waals surface area contributed by atoms with Crippen molar-refractivity contribution in [2.45, 2.75) is 46.5 Å². The third kappa shape index (κ3) is 2.80. The van der Waals surface area contributed by atoms with E-state index in [2.05, 4.69) is 33.6 Å². The van der Waals surface area contributed by atoms with Crippen molar-refractivity contribution < 1.29 is 0 Å². The summed E-state index contributed by atoms with van der Waals surface area (Å²) in [5, 5.41) is 0. The summed E-state index contributed by atoms with van der Waals surface area (Å²) < 4.78 is 0. The van der Waals surface area contributed by atoms with Gasteiger partial charge in [-0.25, -0.2) is 0 Å². The van der Waals surface area contributed by atoms with Gasteiger partial charge < -0.3 is 0 Å². The molecule has 0 heterocycles. The molecule has 0 aromatic carbocycles. The van der Waals surface area contributed by atoms with E-state index in [-0.39, 0.29) is 0 Å². The van der Waals surface area contributed by atoms with Gasteiger partial charge in [-0.3, -0.25) is 0 Å². The summed E-state index contributed by atoms with van der Waals surface area (Å²) in [4.78, 5) is 0. The highest BCUT2D eigenvalue weighted by Crippen LogP contribution is 2.34. The summed E-state index contributed by atoms with van der Waals surface area (Å²) >= 11 is 0. The van der Waals surface area contributed by atoms with E-state index in [0.717, 1.165) is 17.8 Å². The standard InChI is InChI=1S/C12H22/c1-4-6-11(3)12-8-5-7-10(2)9-12/h4,7,10-12H,5-6,8-9H2,1-3H3. The molecule has 1 rings (SSSR count). The molecule has 3 unspecified atom stereocenters. The Labute approximate surface area is 77.7 Å². The van der Waals surface area contributed by atoms with Crippen LogP contribution in [0.15, 0.2) is 0 Å². The summed E-state index contributed by atoms with van der Waals surface area (Å²) in [7, 11) is 0. The van der Waals surface area contributed by atoms with Crippen molar-refractivity contribution in [3.8, 4) is 0 Å². The normalized spacial score (nSPS) is 33.2. The molecule has 0 aliphatic heterocycles. The molecule has 0 bridgehead atoms. The smallest absolute Gasteiger partial charge is 0.0357 e. The summed E-state index contributed by atoms with van der Waals surface area (Å²) in [5.41, 5.74) is 0. The van der Waals surface area contributed by atoms with Crippen molar-refractivity contribution in [2.24, 2.45) is 17.8 Å². The van der Waals surface area contributed by atoms with Crippen LogP contribution in [0.1, 0.15) is 46.5 Å². The zero-order valence-corrected chi connectivity index (χ0v) is 8.72. The Morgan fingerprint density at radius 1 is 1.58 bits per heavy atom. The van der Waals surface area contributed by atoms with Crippen molar-refractivity contribution in [3.63, 3.8) is 0 Å². The molecule has 1 aliphatic carbocycles. The molecule has 0 aromatic rings. The van der Waals surface area contributed by atoms with Gasteiger partial charge >= 0.3 is 0 Å². The highest BCUT2D eigenvalue weighted by atomic mass is 14.3. The molecule has 0 nitrogen and oxygen atoms in total. The van der Waals surface area contributed by atoms with Crippen LogP contribution in [0.25, 0.3) is 0 Å². The van der Waals surface area contributed by atoms with Crippen LogP contribution in [0.5, 0.6) is 0 Å². The Balaban J connectivity index is 2.29. The average molecular weight is 166 g/mol. The lowest BCUT2D eigenvalue weighted by Crippen LogP contribution is -2.20. The maximum absolute atomic E-state index is 2.48. The molecule has 3 atom stereocenters.